The number of hydrogen-bond acceptors (Lipinski definition) is 2. The van der Waals surface area contributed by atoms with E-state index in [-0.39, 0.29) is 5.56 Å². The number of aryl methyl sites for hydroxylation is 1. The van der Waals surface area contributed by atoms with Gasteiger partial charge < -0.3 is 4.57 Å². The summed E-state index contributed by atoms with van der Waals surface area (Å²) in [4.78, 5) is 18.3. The molecule has 1 aromatic heterocycles. The number of amides is 1. The van der Waals surface area contributed by atoms with E-state index in [9.17, 15) is 9.18 Å². The molecule has 1 amide bonds. The molecule has 0 saturated carbocycles. The van der Waals surface area contributed by atoms with E-state index in [0.717, 1.165) is 22.6 Å². The number of carbonyl (C=O) groups excluding carboxylic acids is 1. The molecule has 3 rings (SSSR count). The first-order valence-electron chi connectivity index (χ1n) is 8.47. The van der Waals surface area contributed by atoms with Gasteiger partial charge in [0.1, 0.15) is 5.82 Å². The zero-order chi connectivity index (χ0) is 19.6. The van der Waals surface area contributed by atoms with Crippen LogP contribution in [0.3, 0.4) is 0 Å². The van der Waals surface area contributed by atoms with Crippen LogP contribution in [0.4, 0.5) is 4.39 Å². The number of carbonyl (C=O) groups is 1. The largest absolute Gasteiger partial charge is 0.316 e. The maximum atomic E-state index is 13.9. The van der Waals surface area contributed by atoms with E-state index in [2.05, 4.69) is 4.99 Å². The second-order valence-electron chi connectivity index (χ2n) is 5.78. The molecule has 0 aliphatic heterocycles. The van der Waals surface area contributed by atoms with Crippen molar-refractivity contribution in [3.63, 3.8) is 0 Å². The SMILES string of the molecule is CCc1sc(=NC(=O)c2ccccc2F)n(CC)c1-c1ccc(Cl)c(Cl)c1. The van der Waals surface area contributed by atoms with Gasteiger partial charge in [0.25, 0.3) is 5.91 Å². The highest BCUT2D eigenvalue weighted by molar-refractivity contribution is 7.09. The summed E-state index contributed by atoms with van der Waals surface area (Å²) in [7, 11) is 0. The lowest BCUT2D eigenvalue weighted by Gasteiger charge is -2.09. The Hall–Kier alpha value is -1.95. The molecule has 140 valence electrons. The fraction of sp³-hybridized carbons (Fsp3) is 0.200. The van der Waals surface area contributed by atoms with E-state index in [0.29, 0.717) is 21.4 Å². The number of rotatable bonds is 4. The standard InChI is InChI=1S/C20H17Cl2FN2OS/c1-3-17-18(12-9-10-14(21)15(22)11-12)25(4-2)20(27-17)24-19(26)13-7-5-6-8-16(13)23/h5-11H,3-4H2,1-2H3. The Balaban J connectivity index is 2.18. The van der Waals surface area contributed by atoms with Crippen LogP contribution in [0.2, 0.25) is 10.0 Å². The first kappa shape index (κ1) is 19.8. The van der Waals surface area contributed by atoms with Crippen LogP contribution < -0.4 is 4.80 Å². The van der Waals surface area contributed by atoms with Gasteiger partial charge in [-0.05, 0) is 37.6 Å². The summed E-state index contributed by atoms with van der Waals surface area (Å²) < 4.78 is 15.9. The van der Waals surface area contributed by atoms with Crippen LogP contribution in [0.1, 0.15) is 29.1 Å². The van der Waals surface area contributed by atoms with E-state index >= 15 is 0 Å². The van der Waals surface area contributed by atoms with Crippen molar-refractivity contribution in [2.45, 2.75) is 26.8 Å². The molecule has 3 nitrogen and oxygen atoms in total. The molecule has 2 aromatic carbocycles. The maximum Gasteiger partial charge on any atom is 0.282 e. The van der Waals surface area contributed by atoms with Gasteiger partial charge in [0.05, 0.1) is 21.3 Å². The topological polar surface area (TPSA) is 34.4 Å². The molecule has 0 aliphatic rings. The quantitative estimate of drug-likeness (QED) is 0.508. The first-order valence-corrected chi connectivity index (χ1v) is 10.0. The number of benzene rings is 2. The minimum Gasteiger partial charge on any atom is -0.316 e. The summed E-state index contributed by atoms with van der Waals surface area (Å²) in [5, 5.41) is 0.947. The number of aromatic nitrogens is 1. The summed E-state index contributed by atoms with van der Waals surface area (Å²) in [6.07, 6.45) is 0.768. The second-order valence-corrected chi connectivity index (χ2v) is 7.66. The zero-order valence-electron chi connectivity index (χ0n) is 14.8. The summed E-state index contributed by atoms with van der Waals surface area (Å²) >= 11 is 13.6. The van der Waals surface area contributed by atoms with Crippen LogP contribution in [0.15, 0.2) is 47.5 Å². The highest BCUT2D eigenvalue weighted by Gasteiger charge is 2.16. The fourth-order valence-electron chi connectivity index (χ4n) is 2.82. The van der Waals surface area contributed by atoms with Crippen molar-refractivity contribution >= 4 is 40.4 Å². The van der Waals surface area contributed by atoms with Crippen molar-refractivity contribution in [1.82, 2.24) is 4.57 Å². The molecule has 0 unspecified atom stereocenters. The lowest BCUT2D eigenvalue weighted by molar-refractivity contribution is 0.0994. The van der Waals surface area contributed by atoms with Crippen molar-refractivity contribution in [3.05, 3.63) is 73.6 Å². The third kappa shape index (κ3) is 4.00. The number of halogens is 3. The van der Waals surface area contributed by atoms with E-state index in [4.69, 9.17) is 23.2 Å². The molecule has 0 bridgehead atoms. The average molecular weight is 423 g/mol. The molecular weight excluding hydrogens is 406 g/mol. The Labute approximate surface area is 170 Å². The van der Waals surface area contributed by atoms with Gasteiger partial charge in [-0.3, -0.25) is 4.79 Å². The van der Waals surface area contributed by atoms with Gasteiger partial charge in [-0.2, -0.15) is 4.99 Å². The maximum absolute atomic E-state index is 13.9. The van der Waals surface area contributed by atoms with Gasteiger partial charge in [0.2, 0.25) is 0 Å². The van der Waals surface area contributed by atoms with Crippen molar-refractivity contribution < 1.29 is 9.18 Å². The van der Waals surface area contributed by atoms with E-state index in [1.165, 1.54) is 23.5 Å². The van der Waals surface area contributed by atoms with Crippen molar-refractivity contribution in [2.24, 2.45) is 4.99 Å². The Morgan fingerprint density at radius 2 is 1.89 bits per heavy atom. The summed E-state index contributed by atoms with van der Waals surface area (Å²) in [6.45, 7) is 4.62. The number of thiazole rings is 1. The van der Waals surface area contributed by atoms with Crippen LogP contribution in [0.25, 0.3) is 11.3 Å². The lowest BCUT2D eigenvalue weighted by Crippen LogP contribution is -2.17. The first-order chi connectivity index (χ1) is 13.0. The van der Waals surface area contributed by atoms with Crippen molar-refractivity contribution in [2.75, 3.05) is 0 Å². The highest BCUT2D eigenvalue weighted by atomic mass is 35.5. The van der Waals surface area contributed by atoms with Gasteiger partial charge >= 0.3 is 0 Å². The molecular formula is C20H17Cl2FN2OS. The molecule has 0 aliphatic carbocycles. The van der Waals surface area contributed by atoms with Gasteiger partial charge in [0.15, 0.2) is 4.80 Å². The predicted octanol–water partition coefficient (Wildman–Crippen LogP) is 5.99. The fourth-order valence-corrected chi connectivity index (χ4v) is 4.26. The number of nitrogens with zero attached hydrogens (tertiary/aromatic N) is 2. The summed E-state index contributed by atoms with van der Waals surface area (Å²) in [5.41, 5.74) is 1.81. The Kier molecular flexibility index (Phi) is 6.15. The molecule has 27 heavy (non-hydrogen) atoms. The molecule has 7 heteroatoms. The van der Waals surface area contributed by atoms with E-state index in [1.54, 1.807) is 24.3 Å². The molecule has 0 radical (unpaired) electrons. The minimum absolute atomic E-state index is 0.0392. The van der Waals surface area contributed by atoms with Crippen LogP contribution in [-0.2, 0) is 13.0 Å². The second kappa shape index (κ2) is 8.38. The Bertz CT molecular complexity index is 1070. The van der Waals surface area contributed by atoms with Crippen LogP contribution >= 0.6 is 34.5 Å². The molecule has 0 atom stereocenters. The van der Waals surface area contributed by atoms with Gasteiger partial charge in [0, 0.05) is 17.0 Å². The monoisotopic (exact) mass is 422 g/mol. The van der Waals surface area contributed by atoms with Crippen LogP contribution in [0, 0.1) is 5.82 Å². The van der Waals surface area contributed by atoms with Gasteiger partial charge in [-0.1, -0.05) is 48.3 Å². The van der Waals surface area contributed by atoms with Crippen molar-refractivity contribution in [3.8, 4) is 11.3 Å². The lowest BCUT2D eigenvalue weighted by atomic mass is 10.1. The number of hydrogen-bond donors (Lipinski definition) is 0. The van der Waals surface area contributed by atoms with Crippen LogP contribution in [-0.4, -0.2) is 10.5 Å². The molecule has 0 fully saturated rings. The average Bonchev–Trinajstić information content (AvgIpc) is 3.01. The van der Waals surface area contributed by atoms with E-state index in [1.807, 2.05) is 24.5 Å². The summed E-state index contributed by atoms with van der Waals surface area (Å²) in [6, 6.07) is 11.3. The van der Waals surface area contributed by atoms with Crippen molar-refractivity contribution in [1.29, 1.82) is 0 Å². The zero-order valence-corrected chi connectivity index (χ0v) is 17.1. The van der Waals surface area contributed by atoms with Gasteiger partial charge in [-0.15, -0.1) is 11.3 Å². The smallest absolute Gasteiger partial charge is 0.282 e. The third-order valence-corrected chi connectivity index (χ3v) is 6.07. The normalized spacial score (nSPS) is 11.8. The Morgan fingerprint density at radius 1 is 1.15 bits per heavy atom. The predicted molar refractivity (Wildman–Crippen MR) is 109 cm³/mol. The molecule has 0 N–H and O–H groups in total. The molecule has 0 saturated heterocycles. The molecule has 1 heterocycles. The minimum atomic E-state index is -0.597. The molecule has 3 aromatic rings. The van der Waals surface area contributed by atoms with E-state index < -0.39 is 11.7 Å². The van der Waals surface area contributed by atoms with Crippen LogP contribution in [0.5, 0.6) is 0 Å². The Morgan fingerprint density at radius 3 is 2.52 bits per heavy atom. The molecule has 0 spiro atoms. The summed E-state index contributed by atoms with van der Waals surface area (Å²) in [5.74, 6) is -1.17. The van der Waals surface area contributed by atoms with Gasteiger partial charge in [-0.25, -0.2) is 4.39 Å². The highest BCUT2D eigenvalue weighted by Crippen LogP contribution is 2.32. The third-order valence-electron chi connectivity index (χ3n) is 4.11.